The second-order valence-electron chi connectivity index (χ2n) is 3.72. The molecule has 1 aliphatic carbocycles. The lowest BCUT2D eigenvalue weighted by atomic mass is 9.98. The molecule has 1 aliphatic rings. The number of nitrogens with one attached hydrogen (secondary N) is 1. The summed E-state index contributed by atoms with van der Waals surface area (Å²) >= 11 is 0. The van der Waals surface area contributed by atoms with Crippen molar-refractivity contribution in [2.75, 3.05) is 6.54 Å². The number of rotatable bonds is 3. The van der Waals surface area contributed by atoms with E-state index in [1.165, 1.54) is 12.8 Å². The van der Waals surface area contributed by atoms with Crippen LogP contribution in [-0.2, 0) is 0 Å². The minimum absolute atomic E-state index is 0.739. The van der Waals surface area contributed by atoms with Gasteiger partial charge in [0.2, 0.25) is 0 Å². The summed E-state index contributed by atoms with van der Waals surface area (Å²) in [4.78, 5) is 0. The average Bonchev–Trinajstić information content (AvgIpc) is 2.31. The van der Waals surface area contributed by atoms with Crippen molar-refractivity contribution in [2.24, 2.45) is 11.8 Å². The molecule has 3 atom stereocenters. The van der Waals surface area contributed by atoms with Crippen LogP contribution < -0.4 is 5.32 Å². The SMILES string of the molecule is C=CCNC1CCC(C)C1C. The van der Waals surface area contributed by atoms with E-state index in [4.69, 9.17) is 0 Å². The molecule has 0 bridgehead atoms. The fourth-order valence-electron chi connectivity index (χ4n) is 1.89. The maximum Gasteiger partial charge on any atom is 0.0134 e. The molecule has 0 saturated heterocycles. The smallest absolute Gasteiger partial charge is 0.0134 e. The lowest BCUT2D eigenvalue weighted by Gasteiger charge is -2.18. The van der Waals surface area contributed by atoms with Crippen molar-refractivity contribution in [3.8, 4) is 0 Å². The molecule has 0 spiro atoms. The molecule has 1 nitrogen and oxygen atoms in total. The summed E-state index contributed by atoms with van der Waals surface area (Å²) in [7, 11) is 0. The first-order valence-electron chi connectivity index (χ1n) is 4.60. The second-order valence-corrected chi connectivity index (χ2v) is 3.72. The molecule has 0 amide bonds. The lowest BCUT2D eigenvalue weighted by Crippen LogP contribution is -2.32. The summed E-state index contributed by atoms with van der Waals surface area (Å²) in [6.45, 7) is 9.36. The fourth-order valence-corrected chi connectivity index (χ4v) is 1.89. The summed E-state index contributed by atoms with van der Waals surface area (Å²) in [6.07, 6.45) is 4.67. The van der Waals surface area contributed by atoms with E-state index < -0.39 is 0 Å². The number of hydrogen-bond acceptors (Lipinski definition) is 1. The summed E-state index contributed by atoms with van der Waals surface area (Å²) in [5.41, 5.74) is 0. The summed E-state index contributed by atoms with van der Waals surface area (Å²) in [5.74, 6) is 1.74. The standard InChI is InChI=1S/C10H19N/c1-4-7-11-10-6-5-8(2)9(10)3/h4,8-11H,1,5-7H2,2-3H3. The molecule has 64 valence electrons. The predicted molar refractivity (Wildman–Crippen MR) is 49.5 cm³/mol. The van der Waals surface area contributed by atoms with Crippen molar-refractivity contribution >= 4 is 0 Å². The molecule has 1 fully saturated rings. The highest BCUT2D eigenvalue weighted by Gasteiger charge is 2.28. The van der Waals surface area contributed by atoms with E-state index in [9.17, 15) is 0 Å². The first kappa shape index (κ1) is 8.79. The lowest BCUT2D eigenvalue weighted by molar-refractivity contribution is 0.380. The van der Waals surface area contributed by atoms with Gasteiger partial charge >= 0.3 is 0 Å². The maximum absolute atomic E-state index is 3.70. The first-order chi connectivity index (χ1) is 5.25. The van der Waals surface area contributed by atoms with Gasteiger partial charge in [0.1, 0.15) is 0 Å². The molecular formula is C10H19N. The zero-order chi connectivity index (χ0) is 8.27. The van der Waals surface area contributed by atoms with Crippen LogP contribution in [0.2, 0.25) is 0 Å². The van der Waals surface area contributed by atoms with Gasteiger partial charge in [0.25, 0.3) is 0 Å². The Labute approximate surface area is 69.9 Å². The van der Waals surface area contributed by atoms with E-state index >= 15 is 0 Å². The van der Waals surface area contributed by atoms with E-state index in [-0.39, 0.29) is 0 Å². The van der Waals surface area contributed by atoms with Crippen molar-refractivity contribution in [1.82, 2.24) is 5.32 Å². The highest BCUT2D eigenvalue weighted by atomic mass is 14.9. The molecule has 0 aromatic carbocycles. The monoisotopic (exact) mass is 153 g/mol. The second kappa shape index (κ2) is 3.91. The van der Waals surface area contributed by atoms with E-state index in [2.05, 4.69) is 25.7 Å². The Bertz CT molecular complexity index is 131. The molecule has 0 aliphatic heterocycles. The van der Waals surface area contributed by atoms with E-state index in [0.717, 1.165) is 24.4 Å². The maximum atomic E-state index is 3.70. The molecule has 3 unspecified atom stereocenters. The van der Waals surface area contributed by atoms with Crippen LogP contribution in [0.5, 0.6) is 0 Å². The van der Waals surface area contributed by atoms with Crippen LogP contribution in [0.15, 0.2) is 12.7 Å². The van der Waals surface area contributed by atoms with Crippen LogP contribution >= 0.6 is 0 Å². The van der Waals surface area contributed by atoms with Gasteiger partial charge < -0.3 is 5.32 Å². The average molecular weight is 153 g/mol. The molecule has 0 radical (unpaired) electrons. The van der Waals surface area contributed by atoms with Crippen LogP contribution in [-0.4, -0.2) is 12.6 Å². The Morgan fingerprint density at radius 2 is 2.18 bits per heavy atom. The Morgan fingerprint density at radius 3 is 2.64 bits per heavy atom. The third-order valence-corrected chi connectivity index (χ3v) is 2.99. The summed E-state index contributed by atoms with van der Waals surface area (Å²) < 4.78 is 0. The van der Waals surface area contributed by atoms with Gasteiger partial charge in [0, 0.05) is 12.6 Å². The quantitative estimate of drug-likeness (QED) is 0.613. The molecular weight excluding hydrogens is 134 g/mol. The number of hydrogen-bond donors (Lipinski definition) is 1. The predicted octanol–water partition coefficient (Wildman–Crippen LogP) is 2.20. The third-order valence-electron chi connectivity index (χ3n) is 2.99. The molecule has 11 heavy (non-hydrogen) atoms. The molecule has 1 rings (SSSR count). The molecule has 0 heterocycles. The minimum Gasteiger partial charge on any atom is -0.310 e. The van der Waals surface area contributed by atoms with Crippen molar-refractivity contribution < 1.29 is 0 Å². The van der Waals surface area contributed by atoms with E-state index in [0.29, 0.717) is 0 Å². The molecule has 0 aromatic heterocycles. The zero-order valence-corrected chi connectivity index (χ0v) is 7.64. The molecule has 1 N–H and O–H groups in total. The fraction of sp³-hybridized carbons (Fsp3) is 0.800. The highest BCUT2D eigenvalue weighted by molar-refractivity contribution is 4.86. The first-order valence-corrected chi connectivity index (χ1v) is 4.60. The van der Waals surface area contributed by atoms with Crippen LogP contribution in [0.3, 0.4) is 0 Å². The van der Waals surface area contributed by atoms with Gasteiger partial charge in [-0.15, -0.1) is 6.58 Å². The Morgan fingerprint density at radius 1 is 1.45 bits per heavy atom. The van der Waals surface area contributed by atoms with Crippen molar-refractivity contribution in [2.45, 2.75) is 32.7 Å². The Hall–Kier alpha value is -0.300. The molecule has 1 saturated carbocycles. The molecule has 1 heteroatoms. The van der Waals surface area contributed by atoms with Gasteiger partial charge in [-0.1, -0.05) is 19.9 Å². The van der Waals surface area contributed by atoms with Gasteiger partial charge in [0.05, 0.1) is 0 Å². The van der Waals surface area contributed by atoms with Gasteiger partial charge in [-0.3, -0.25) is 0 Å². The van der Waals surface area contributed by atoms with Crippen LogP contribution in [0.25, 0.3) is 0 Å². The van der Waals surface area contributed by atoms with Crippen LogP contribution in [0.4, 0.5) is 0 Å². The normalized spacial score (nSPS) is 37.5. The van der Waals surface area contributed by atoms with Crippen molar-refractivity contribution in [3.05, 3.63) is 12.7 Å². The summed E-state index contributed by atoms with van der Waals surface area (Å²) in [5, 5.41) is 3.49. The van der Waals surface area contributed by atoms with Gasteiger partial charge in [-0.05, 0) is 24.7 Å². The van der Waals surface area contributed by atoms with Crippen LogP contribution in [0.1, 0.15) is 26.7 Å². The Balaban J connectivity index is 2.29. The largest absolute Gasteiger partial charge is 0.310 e. The zero-order valence-electron chi connectivity index (χ0n) is 7.64. The third kappa shape index (κ3) is 2.06. The Kier molecular flexibility index (Phi) is 3.13. The van der Waals surface area contributed by atoms with E-state index in [1.54, 1.807) is 0 Å². The topological polar surface area (TPSA) is 12.0 Å². The van der Waals surface area contributed by atoms with Gasteiger partial charge in [-0.2, -0.15) is 0 Å². The minimum atomic E-state index is 0.739. The van der Waals surface area contributed by atoms with Crippen molar-refractivity contribution in [1.29, 1.82) is 0 Å². The van der Waals surface area contributed by atoms with Gasteiger partial charge in [-0.25, -0.2) is 0 Å². The summed E-state index contributed by atoms with van der Waals surface area (Å²) in [6, 6.07) is 0.739. The van der Waals surface area contributed by atoms with Crippen LogP contribution in [0, 0.1) is 11.8 Å². The van der Waals surface area contributed by atoms with E-state index in [1.807, 2.05) is 6.08 Å². The molecule has 0 aromatic rings. The highest BCUT2D eigenvalue weighted by Crippen LogP contribution is 2.30. The van der Waals surface area contributed by atoms with Crippen molar-refractivity contribution in [3.63, 3.8) is 0 Å². The van der Waals surface area contributed by atoms with Gasteiger partial charge in [0.15, 0.2) is 0 Å².